The molecule has 6 nitrogen and oxygen atoms in total. The zero-order chi connectivity index (χ0) is 20.5. The predicted octanol–water partition coefficient (Wildman–Crippen LogP) is 3.15. The number of pyridine rings is 2. The summed E-state index contributed by atoms with van der Waals surface area (Å²) in [6, 6.07) is 23.2. The summed E-state index contributed by atoms with van der Waals surface area (Å²) in [5, 5.41) is 2.28. The Hall–Kier alpha value is -4.06. The van der Waals surface area contributed by atoms with Gasteiger partial charge in [0.05, 0.1) is 17.8 Å². The Morgan fingerprint density at radius 1 is 0.800 bits per heavy atom. The molecule has 3 heterocycles. The van der Waals surface area contributed by atoms with Crippen LogP contribution in [0.4, 0.5) is 0 Å². The molecule has 0 saturated carbocycles. The van der Waals surface area contributed by atoms with Gasteiger partial charge in [-0.3, -0.25) is 14.3 Å². The van der Waals surface area contributed by atoms with E-state index in [1.807, 2.05) is 41.1 Å². The lowest BCUT2D eigenvalue weighted by Gasteiger charge is -2.16. The minimum atomic E-state index is -0.573. The molecule has 0 atom stereocenters. The van der Waals surface area contributed by atoms with E-state index in [2.05, 4.69) is 34.2 Å². The summed E-state index contributed by atoms with van der Waals surface area (Å²) in [5.41, 5.74) is 1.21. The molecule has 0 aliphatic carbocycles. The van der Waals surface area contributed by atoms with Crippen LogP contribution in [0.1, 0.15) is 11.3 Å². The van der Waals surface area contributed by atoms with Gasteiger partial charge in [-0.2, -0.15) is 4.98 Å². The summed E-state index contributed by atoms with van der Waals surface area (Å²) < 4.78 is 2.98. The predicted molar refractivity (Wildman–Crippen MR) is 116 cm³/mol. The quantitative estimate of drug-likeness (QED) is 0.470. The van der Waals surface area contributed by atoms with E-state index in [0.29, 0.717) is 23.6 Å². The van der Waals surface area contributed by atoms with E-state index in [0.717, 1.165) is 20.9 Å². The topological polar surface area (TPSA) is 69.8 Å². The summed E-state index contributed by atoms with van der Waals surface area (Å²) in [7, 11) is 0. The molecule has 2 aliphatic heterocycles. The van der Waals surface area contributed by atoms with Gasteiger partial charge in [-0.15, -0.1) is 0 Å². The van der Waals surface area contributed by atoms with Gasteiger partial charge >= 0.3 is 5.69 Å². The Morgan fingerprint density at radius 3 is 2.50 bits per heavy atom. The van der Waals surface area contributed by atoms with Crippen molar-refractivity contribution in [3.8, 4) is 11.4 Å². The molecule has 5 rings (SSSR count). The van der Waals surface area contributed by atoms with E-state index in [1.54, 1.807) is 24.4 Å². The van der Waals surface area contributed by atoms with Gasteiger partial charge in [-0.1, -0.05) is 48.5 Å². The Labute approximate surface area is 172 Å². The van der Waals surface area contributed by atoms with Crippen molar-refractivity contribution in [1.82, 2.24) is 19.1 Å². The maximum absolute atomic E-state index is 13.1. The molecular formula is C24H18N4O2. The van der Waals surface area contributed by atoms with Crippen molar-refractivity contribution in [2.24, 2.45) is 0 Å². The molecule has 0 spiro atoms. The lowest BCUT2D eigenvalue weighted by Crippen LogP contribution is -2.38. The van der Waals surface area contributed by atoms with Crippen LogP contribution in [-0.2, 0) is 13.1 Å². The number of hydrogen-bond donors (Lipinski definition) is 0. The fraction of sp³-hybridized carbons (Fsp3) is 0.0833. The first-order valence-corrected chi connectivity index (χ1v) is 9.67. The standard InChI is InChI=1S/C24H18N4O2/c29-23-21-12-6-14-27(15-18-9-5-8-17-7-1-2-11-20(17)18)22(21)26-24(30)28(23)16-19-10-3-4-13-25-19/h1-14H,15-16H2. The van der Waals surface area contributed by atoms with Gasteiger partial charge in [0.2, 0.25) is 0 Å². The van der Waals surface area contributed by atoms with E-state index in [9.17, 15) is 9.59 Å². The van der Waals surface area contributed by atoms with Crippen molar-refractivity contribution < 1.29 is 0 Å². The monoisotopic (exact) mass is 394 g/mol. The van der Waals surface area contributed by atoms with Crippen LogP contribution in [0.2, 0.25) is 0 Å². The zero-order valence-corrected chi connectivity index (χ0v) is 16.1. The van der Waals surface area contributed by atoms with Gasteiger partial charge in [-0.25, -0.2) is 4.79 Å². The fourth-order valence-electron chi connectivity index (χ4n) is 3.75. The molecule has 0 amide bonds. The second-order valence-corrected chi connectivity index (χ2v) is 7.12. The summed E-state index contributed by atoms with van der Waals surface area (Å²) in [6.07, 6.45) is 3.48. The van der Waals surface area contributed by atoms with Crippen LogP contribution in [0.3, 0.4) is 0 Å². The number of nitrogens with zero attached hydrogens (tertiary/aromatic N) is 4. The second kappa shape index (κ2) is 7.40. The Morgan fingerprint density at radius 2 is 1.63 bits per heavy atom. The van der Waals surface area contributed by atoms with Crippen LogP contribution < -0.4 is 11.2 Å². The van der Waals surface area contributed by atoms with Crippen LogP contribution in [0.25, 0.3) is 22.2 Å². The van der Waals surface area contributed by atoms with Crippen LogP contribution in [0.5, 0.6) is 0 Å². The first-order chi connectivity index (χ1) is 14.7. The average molecular weight is 394 g/mol. The van der Waals surface area contributed by atoms with Crippen LogP contribution in [0, 0.1) is 0 Å². The molecule has 0 unspecified atom stereocenters. The molecule has 0 radical (unpaired) electrons. The third-order valence-electron chi connectivity index (χ3n) is 5.22. The largest absolute Gasteiger partial charge is 0.352 e. The molecule has 6 heteroatoms. The average Bonchev–Trinajstić information content (AvgIpc) is 2.78. The first kappa shape index (κ1) is 18.0. The molecule has 30 heavy (non-hydrogen) atoms. The van der Waals surface area contributed by atoms with Crippen LogP contribution in [-0.4, -0.2) is 19.1 Å². The molecule has 1 aromatic heterocycles. The highest BCUT2D eigenvalue weighted by Gasteiger charge is 2.17. The van der Waals surface area contributed by atoms with Gasteiger partial charge in [-0.05, 0) is 40.6 Å². The van der Waals surface area contributed by atoms with Crippen molar-refractivity contribution in [2.45, 2.75) is 13.1 Å². The summed E-state index contributed by atoms with van der Waals surface area (Å²) in [6.45, 7) is 0.606. The van der Waals surface area contributed by atoms with Crippen molar-refractivity contribution in [3.63, 3.8) is 0 Å². The molecule has 3 aromatic rings. The minimum absolute atomic E-state index is 0.0969. The minimum Gasteiger partial charge on any atom is -0.328 e. The molecule has 2 aliphatic rings. The summed E-state index contributed by atoms with van der Waals surface area (Å²) in [5.74, 6) is 0.387. The lowest BCUT2D eigenvalue weighted by atomic mass is 10.0. The SMILES string of the molecule is O=c1nc2n(Cc3cccc4ccccc34)cccc-2c(=O)n1Cc1ccccn1. The van der Waals surface area contributed by atoms with Crippen molar-refractivity contribution in [2.75, 3.05) is 0 Å². The molecular weight excluding hydrogens is 376 g/mol. The number of fused-ring (bicyclic) bond motifs is 2. The Balaban J connectivity index is 1.61. The lowest BCUT2D eigenvalue weighted by molar-refractivity contribution is 0.668. The fourth-order valence-corrected chi connectivity index (χ4v) is 3.75. The molecule has 0 bridgehead atoms. The van der Waals surface area contributed by atoms with E-state index >= 15 is 0 Å². The van der Waals surface area contributed by atoms with E-state index in [4.69, 9.17) is 0 Å². The highest BCUT2D eigenvalue weighted by molar-refractivity contribution is 5.85. The third-order valence-corrected chi connectivity index (χ3v) is 5.22. The normalized spacial score (nSPS) is 11.2. The maximum atomic E-state index is 13.1. The van der Waals surface area contributed by atoms with Crippen LogP contribution in [0.15, 0.2) is 94.8 Å². The zero-order valence-electron chi connectivity index (χ0n) is 16.1. The number of aromatic nitrogens is 4. The van der Waals surface area contributed by atoms with Crippen molar-refractivity contribution in [3.05, 3.63) is 117 Å². The molecule has 0 saturated heterocycles. The Bertz CT molecular complexity index is 1430. The second-order valence-electron chi connectivity index (χ2n) is 7.12. The van der Waals surface area contributed by atoms with Crippen LogP contribution >= 0.6 is 0 Å². The van der Waals surface area contributed by atoms with E-state index in [-0.39, 0.29) is 12.1 Å². The number of hydrogen-bond acceptors (Lipinski definition) is 4. The molecule has 0 N–H and O–H groups in total. The van der Waals surface area contributed by atoms with E-state index in [1.165, 1.54) is 0 Å². The maximum Gasteiger partial charge on any atom is 0.352 e. The van der Waals surface area contributed by atoms with Crippen molar-refractivity contribution in [1.29, 1.82) is 0 Å². The van der Waals surface area contributed by atoms with Gasteiger partial charge < -0.3 is 4.57 Å². The molecule has 0 fully saturated rings. The first-order valence-electron chi connectivity index (χ1n) is 9.67. The van der Waals surface area contributed by atoms with Gasteiger partial charge in [0.1, 0.15) is 0 Å². The van der Waals surface area contributed by atoms with Gasteiger partial charge in [0.15, 0.2) is 5.82 Å². The van der Waals surface area contributed by atoms with Crippen molar-refractivity contribution >= 4 is 10.8 Å². The Kier molecular flexibility index (Phi) is 4.44. The highest BCUT2D eigenvalue weighted by Crippen LogP contribution is 2.21. The smallest absolute Gasteiger partial charge is 0.328 e. The third kappa shape index (κ3) is 3.18. The van der Waals surface area contributed by atoms with E-state index < -0.39 is 5.69 Å². The molecule has 2 aromatic carbocycles. The van der Waals surface area contributed by atoms with Gasteiger partial charge in [0.25, 0.3) is 5.56 Å². The molecule has 146 valence electrons. The number of rotatable bonds is 4. The number of benzene rings is 2. The summed E-state index contributed by atoms with van der Waals surface area (Å²) in [4.78, 5) is 34.2. The summed E-state index contributed by atoms with van der Waals surface area (Å²) >= 11 is 0. The highest BCUT2D eigenvalue weighted by atomic mass is 16.2. The van der Waals surface area contributed by atoms with Gasteiger partial charge in [0, 0.05) is 18.9 Å².